The van der Waals surface area contributed by atoms with Crippen LogP contribution in [0.15, 0.2) is 18.2 Å². The van der Waals surface area contributed by atoms with Crippen LogP contribution < -0.4 is 5.32 Å². The minimum absolute atomic E-state index is 0.0777. The third kappa shape index (κ3) is 4.23. The molecule has 0 spiro atoms. The lowest BCUT2D eigenvalue weighted by atomic mass is 9.83. The van der Waals surface area contributed by atoms with Crippen LogP contribution in [-0.2, 0) is 0 Å². The van der Waals surface area contributed by atoms with E-state index in [2.05, 4.69) is 5.32 Å². The molecule has 1 unspecified atom stereocenters. The fraction of sp³-hybridized carbons (Fsp3) is 0.600. The number of hydrogen-bond donors (Lipinski definition) is 3. The number of benzene rings is 1. The van der Waals surface area contributed by atoms with E-state index in [1.165, 1.54) is 6.07 Å². The Morgan fingerprint density at radius 3 is 2.35 bits per heavy atom. The summed E-state index contributed by atoms with van der Waals surface area (Å²) in [5, 5.41) is 22.5. The quantitative estimate of drug-likeness (QED) is 0.688. The van der Waals surface area contributed by atoms with Crippen LogP contribution in [-0.4, -0.2) is 29.9 Å². The van der Waals surface area contributed by atoms with E-state index in [4.69, 9.17) is 0 Å². The van der Waals surface area contributed by atoms with Gasteiger partial charge in [0.05, 0.1) is 6.10 Å². The summed E-state index contributed by atoms with van der Waals surface area (Å²) in [6.45, 7) is 4.89. The van der Waals surface area contributed by atoms with Crippen LogP contribution >= 0.6 is 0 Å². The largest absolute Gasteiger partial charge is 0.396 e. The van der Waals surface area contributed by atoms with Gasteiger partial charge < -0.3 is 15.5 Å². The molecule has 0 radical (unpaired) electrons. The van der Waals surface area contributed by atoms with Crippen LogP contribution in [0.4, 0.5) is 8.78 Å². The van der Waals surface area contributed by atoms with Gasteiger partial charge in [0.1, 0.15) is 0 Å². The Morgan fingerprint density at radius 2 is 1.85 bits per heavy atom. The summed E-state index contributed by atoms with van der Waals surface area (Å²) in [7, 11) is 0. The predicted molar refractivity (Wildman–Crippen MR) is 74.3 cm³/mol. The minimum atomic E-state index is -0.964. The summed E-state index contributed by atoms with van der Waals surface area (Å²) in [6.07, 6.45) is 0.748. The van der Waals surface area contributed by atoms with Crippen molar-refractivity contribution in [3.8, 4) is 0 Å². The molecule has 3 N–H and O–H groups in total. The van der Waals surface area contributed by atoms with E-state index in [1.807, 2.05) is 13.8 Å². The lowest BCUT2D eigenvalue weighted by Crippen LogP contribution is -2.38. The molecule has 0 aliphatic heterocycles. The van der Waals surface area contributed by atoms with E-state index in [9.17, 15) is 19.0 Å². The zero-order chi connectivity index (χ0) is 15.2. The van der Waals surface area contributed by atoms with Crippen molar-refractivity contribution < 1.29 is 19.0 Å². The topological polar surface area (TPSA) is 52.5 Å². The molecule has 0 saturated carbocycles. The van der Waals surface area contributed by atoms with Gasteiger partial charge in [-0.25, -0.2) is 8.78 Å². The first-order valence-electron chi connectivity index (χ1n) is 6.92. The van der Waals surface area contributed by atoms with Crippen molar-refractivity contribution >= 4 is 0 Å². The number of rotatable bonds is 8. The average molecular weight is 287 g/mol. The van der Waals surface area contributed by atoms with Gasteiger partial charge in [-0.05, 0) is 30.5 Å². The standard InChI is InChI=1S/C15H23F2NO2/c1-3-15(4-2,10-19)9-18-8-14(20)11-5-6-12(16)13(17)7-11/h5-7,14,18-20H,3-4,8-10H2,1-2H3. The smallest absolute Gasteiger partial charge is 0.159 e. The normalized spacial score (nSPS) is 13.5. The van der Waals surface area contributed by atoms with Gasteiger partial charge in [-0.3, -0.25) is 0 Å². The molecule has 1 rings (SSSR count). The van der Waals surface area contributed by atoms with E-state index in [1.54, 1.807) is 0 Å². The summed E-state index contributed by atoms with van der Waals surface area (Å²) in [4.78, 5) is 0. The molecular weight excluding hydrogens is 264 g/mol. The Bertz CT molecular complexity index is 414. The highest BCUT2D eigenvalue weighted by Gasteiger charge is 2.25. The maximum atomic E-state index is 13.1. The SMILES string of the molecule is CCC(CC)(CO)CNCC(O)c1ccc(F)c(F)c1. The van der Waals surface area contributed by atoms with Crippen molar-refractivity contribution in [2.75, 3.05) is 19.7 Å². The molecule has 1 atom stereocenters. The molecule has 20 heavy (non-hydrogen) atoms. The van der Waals surface area contributed by atoms with Crippen molar-refractivity contribution in [2.45, 2.75) is 32.8 Å². The van der Waals surface area contributed by atoms with Crippen LogP contribution in [0, 0.1) is 17.0 Å². The van der Waals surface area contributed by atoms with Crippen LogP contribution in [0.3, 0.4) is 0 Å². The second-order valence-corrected chi connectivity index (χ2v) is 5.19. The van der Waals surface area contributed by atoms with Gasteiger partial charge in [-0.15, -0.1) is 0 Å². The molecule has 0 aromatic heterocycles. The van der Waals surface area contributed by atoms with Gasteiger partial charge in [0, 0.05) is 25.1 Å². The van der Waals surface area contributed by atoms with Crippen LogP contribution in [0.5, 0.6) is 0 Å². The van der Waals surface area contributed by atoms with Crippen LogP contribution in [0.2, 0.25) is 0 Å². The van der Waals surface area contributed by atoms with Gasteiger partial charge in [-0.2, -0.15) is 0 Å². The Labute approximate surface area is 118 Å². The fourth-order valence-electron chi connectivity index (χ4n) is 2.09. The second kappa shape index (κ2) is 7.67. The van der Waals surface area contributed by atoms with Crippen molar-refractivity contribution in [3.05, 3.63) is 35.4 Å². The van der Waals surface area contributed by atoms with Crippen molar-refractivity contribution in [2.24, 2.45) is 5.41 Å². The maximum absolute atomic E-state index is 13.1. The zero-order valence-electron chi connectivity index (χ0n) is 12.0. The lowest BCUT2D eigenvalue weighted by Gasteiger charge is -2.30. The lowest BCUT2D eigenvalue weighted by molar-refractivity contribution is 0.104. The second-order valence-electron chi connectivity index (χ2n) is 5.19. The maximum Gasteiger partial charge on any atom is 0.159 e. The van der Waals surface area contributed by atoms with E-state index in [0.29, 0.717) is 12.1 Å². The van der Waals surface area contributed by atoms with E-state index in [-0.39, 0.29) is 18.6 Å². The fourth-order valence-corrected chi connectivity index (χ4v) is 2.09. The van der Waals surface area contributed by atoms with Crippen molar-refractivity contribution in [1.29, 1.82) is 0 Å². The van der Waals surface area contributed by atoms with Gasteiger partial charge >= 0.3 is 0 Å². The van der Waals surface area contributed by atoms with Crippen molar-refractivity contribution in [3.63, 3.8) is 0 Å². The summed E-state index contributed by atoms with van der Waals surface area (Å²) in [5.74, 6) is -1.89. The summed E-state index contributed by atoms with van der Waals surface area (Å²) in [6, 6.07) is 3.37. The Morgan fingerprint density at radius 1 is 1.20 bits per heavy atom. The highest BCUT2D eigenvalue weighted by molar-refractivity contribution is 5.20. The molecule has 0 fully saturated rings. The highest BCUT2D eigenvalue weighted by Crippen LogP contribution is 2.24. The third-order valence-electron chi connectivity index (χ3n) is 4.00. The molecule has 0 bridgehead atoms. The summed E-state index contributed by atoms with van der Waals surface area (Å²) < 4.78 is 25.9. The Hall–Kier alpha value is -1.04. The van der Waals surface area contributed by atoms with E-state index in [0.717, 1.165) is 25.0 Å². The molecule has 0 aliphatic carbocycles. The molecule has 114 valence electrons. The van der Waals surface area contributed by atoms with Crippen LogP contribution in [0.1, 0.15) is 38.4 Å². The highest BCUT2D eigenvalue weighted by atomic mass is 19.2. The molecule has 0 heterocycles. The summed E-state index contributed by atoms with van der Waals surface area (Å²) in [5.41, 5.74) is 0.132. The summed E-state index contributed by atoms with van der Waals surface area (Å²) >= 11 is 0. The van der Waals surface area contributed by atoms with Gasteiger partial charge in [0.2, 0.25) is 0 Å². The first kappa shape index (κ1) is 17.0. The molecule has 0 aliphatic rings. The van der Waals surface area contributed by atoms with Gasteiger partial charge in [0.25, 0.3) is 0 Å². The molecule has 0 amide bonds. The van der Waals surface area contributed by atoms with Gasteiger partial charge in [-0.1, -0.05) is 19.9 Å². The molecule has 1 aromatic rings. The van der Waals surface area contributed by atoms with Crippen molar-refractivity contribution in [1.82, 2.24) is 5.32 Å². The molecule has 1 aromatic carbocycles. The molecule has 0 saturated heterocycles. The number of hydrogen-bond acceptors (Lipinski definition) is 3. The Balaban J connectivity index is 2.54. The van der Waals surface area contributed by atoms with E-state index >= 15 is 0 Å². The minimum Gasteiger partial charge on any atom is -0.396 e. The number of nitrogens with one attached hydrogen (secondary N) is 1. The first-order valence-corrected chi connectivity index (χ1v) is 6.92. The molecule has 5 heteroatoms. The van der Waals surface area contributed by atoms with E-state index < -0.39 is 17.7 Å². The monoisotopic (exact) mass is 287 g/mol. The Kier molecular flexibility index (Phi) is 6.52. The average Bonchev–Trinajstić information content (AvgIpc) is 2.47. The zero-order valence-corrected chi connectivity index (χ0v) is 12.0. The van der Waals surface area contributed by atoms with Gasteiger partial charge in [0.15, 0.2) is 11.6 Å². The molecule has 3 nitrogen and oxygen atoms in total. The first-order chi connectivity index (χ1) is 9.48. The molecular formula is C15H23F2NO2. The third-order valence-corrected chi connectivity index (χ3v) is 4.00. The number of aliphatic hydroxyl groups excluding tert-OH is 2. The predicted octanol–water partition coefficient (Wildman–Crippen LogP) is 2.39. The van der Waals surface area contributed by atoms with Crippen LogP contribution in [0.25, 0.3) is 0 Å². The number of aliphatic hydroxyl groups is 2. The number of halogens is 2.